The molecular formula is C72H131N19O20. The molecule has 16 atom stereocenters. The van der Waals surface area contributed by atoms with Gasteiger partial charge < -0.3 is 118 Å². The average molecular weight is 1580 g/mol. The molecule has 0 saturated carbocycles. The third kappa shape index (κ3) is 38.5. The van der Waals surface area contributed by atoms with Crippen LogP contribution in [-0.2, 0) is 81.5 Å². The number of rotatable bonds is 53. The molecule has 39 nitrogen and oxygen atoms in total. The minimum Gasteiger partial charge on any atom is -0.480 e. The van der Waals surface area contributed by atoms with E-state index in [9.17, 15) is 96.8 Å². The second-order valence-corrected chi connectivity index (χ2v) is 30.2. The maximum absolute atomic E-state index is 13.9. The van der Waals surface area contributed by atoms with E-state index in [0.29, 0.717) is 38.6 Å². The van der Waals surface area contributed by atoms with Crippen LogP contribution in [0, 0.1) is 41.4 Å². The van der Waals surface area contributed by atoms with Gasteiger partial charge in [-0.05, 0) is 127 Å². The minimum atomic E-state index is -1.71. The van der Waals surface area contributed by atoms with Gasteiger partial charge in [0.25, 0.3) is 0 Å². The first kappa shape index (κ1) is 102. The molecule has 0 aromatic rings. The third-order valence-electron chi connectivity index (χ3n) is 17.8. The van der Waals surface area contributed by atoms with E-state index in [1.165, 1.54) is 27.7 Å². The smallest absolute Gasteiger partial charge is 0.326 e. The predicted molar refractivity (Wildman–Crippen MR) is 409 cm³/mol. The Hall–Kier alpha value is -9.21. The van der Waals surface area contributed by atoms with Crippen molar-refractivity contribution >= 4 is 100 Å². The second kappa shape index (κ2) is 52.1. The van der Waals surface area contributed by atoms with Crippen LogP contribution < -0.4 is 102 Å². The van der Waals surface area contributed by atoms with Crippen LogP contribution in [0.15, 0.2) is 0 Å². The summed E-state index contributed by atoms with van der Waals surface area (Å²) in [6.45, 7) is 26.1. The number of carboxylic acids is 1. The van der Waals surface area contributed by atoms with Crippen LogP contribution in [0.25, 0.3) is 0 Å². The fraction of sp³-hybridized carbons (Fsp3) is 0.764. The molecular weight excluding hydrogens is 1450 g/mol. The number of aliphatic hydroxyl groups excluding tert-OH is 2. The summed E-state index contributed by atoms with van der Waals surface area (Å²) in [6, 6.07) is -18.2. The lowest BCUT2D eigenvalue weighted by molar-refractivity contribution is -0.144. The van der Waals surface area contributed by atoms with E-state index in [2.05, 4.69) is 85.1 Å². The van der Waals surface area contributed by atoms with Crippen molar-refractivity contribution in [1.29, 1.82) is 0 Å². The highest BCUT2D eigenvalue weighted by Crippen LogP contribution is 2.15. The third-order valence-corrected chi connectivity index (χ3v) is 17.8. The van der Waals surface area contributed by atoms with E-state index in [0.717, 1.165) is 0 Å². The Morgan fingerprint density at radius 2 is 0.649 bits per heavy atom. The van der Waals surface area contributed by atoms with Crippen molar-refractivity contribution in [2.75, 3.05) is 39.3 Å². The molecule has 0 radical (unpaired) electrons. The van der Waals surface area contributed by atoms with Crippen molar-refractivity contribution in [2.45, 2.75) is 273 Å². The molecule has 0 aliphatic rings. The van der Waals surface area contributed by atoms with Crippen molar-refractivity contribution in [3.8, 4) is 0 Å². The topological polar surface area (TPSA) is 621 Å². The normalized spacial score (nSPS) is 15.7. The molecule has 0 aliphatic carbocycles. The number of aliphatic hydroxyl groups is 2. The van der Waals surface area contributed by atoms with Crippen molar-refractivity contribution in [2.24, 2.45) is 58.6 Å². The first-order chi connectivity index (χ1) is 51.7. The lowest BCUT2D eigenvalue weighted by Gasteiger charge is -2.30. The van der Waals surface area contributed by atoms with Crippen LogP contribution in [0.2, 0.25) is 0 Å². The summed E-state index contributed by atoms with van der Waals surface area (Å²) in [5.41, 5.74) is 17.3. The Labute approximate surface area is 651 Å². The fourth-order valence-electron chi connectivity index (χ4n) is 10.8. The number of nitrogens with one attached hydrogen (secondary N) is 16. The van der Waals surface area contributed by atoms with Gasteiger partial charge in [0.05, 0.1) is 38.4 Å². The second-order valence-electron chi connectivity index (χ2n) is 30.2. The van der Waals surface area contributed by atoms with Crippen LogP contribution in [0.4, 0.5) is 0 Å². The zero-order chi connectivity index (χ0) is 85.4. The Balaban J connectivity index is 5.73. The van der Waals surface area contributed by atoms with Crippen molar-refractivity contribution in [3.63, 3.8) is 0 Å². The molecule has 0 aromatic carbocycles. The van der Waals surface area contributed by atoms with Crippen LogP contribution in [0.5, 0.6) is 0 Å². The molecule has 0 rings (SSSR count). The molecule has 16 amide bonds. The number of nitrogens with two attached hydrogens (primary N) is 3. The lowest BCUT2D eigenvalue weighted by Crippen LogP contribution is -2.61. The van der Waals surface area contributed by atoms with E-state index < -0.39 is 247 Å². The summed E-state index contributed by atoms with van der Waals surface area (Å²) in [5, 5.41) is 69.9. The highest BCUT2D eigenvalue weighted by Gasteiger charge is 2.39. The van der Waals surface area contributed by atoms with Crippen LogP contribution in [0.1, 0.15) is 182 Å². The summed E-state index contributed by atoms with van der Waals surface area (Å²) in [5.74, 6) is -17.8. The van der Waals surface area contributed by atoms with Gasteiger partial charge in [-0.25, -0.2) is 4.79 Å². The van der Waals surface area contributed by atoms with E-state index >= 15 is 0 Å². The minimum absolute atomic E-state index is 0.00295. The SMILES string of the molecule is CC[C@H](C)[C@H](NC(=O)[C@@H](NC(=O)[C@H](CC(C)C)NC(=O)[C@H](C)NC(=O)[C@H](CO)NC(=O)[C@H](CCCCN)NC(=O)CNC(=O)[C@@H](NC(=O)CNC(=O)[C@H](C)NC(=O)[C@H](C)NC(=O)CNC(=O)[C@@H](NC(=O)[C@@H](NC(=O)[C@@H](NC(=O)[C@H](CC(C)C)NC(=O)[C@@H](N)CCCCN)C(C)C)C(C)C)C(C)C)C(C)C)[C@@H](C)O)C(=O)O. The number of hydrogen-bond donors (Lipinski definition) is 22. The van der Waals surface area contributed by atoms with Gasteiger partial charge in [0, 0.05) is 0 Å². The largest absolute Gasteiger partial charge is 0.480 e. The first-order valence-electron chi connectivity index (χ1n) is 38.1. The van der Waals surface area contributed by atoms with Crippen LogP contribution in [0.3, 0.4) is 0 Å². The molecule has 39 heteroatoms. The van der Waals surface area contributed by atoms with Gasteiger partial charge in [-0.15, -0.1) is 0 Å². The zero-order valence-corrected chi connectivity index (χ0v) is 67.8. The van der Waals surface area contributed by atoms with E-state index in [-0.39, 0.29) is 44.1 Å². The Morgan fingerprint density at radius 1 is 0.324 bits per heavy atom. The average Bonchev–Trinajstić information content (AvgIpc) is 0.846. The van der Waals surface area contributed by atoms with E-state index in [1.54, 1.807) is 83.1 Å². The van der Waals surface area contributed by atoms with Gasteiger partial charge in [-0.1, -0.05) is 110 Å². The summed E-state index contributed by atoms with van der Waals surface area (Å²) in [7, 11) is 0. The maximum atomic E-state index is 13.9. The molecule has 0 heterocycles. The Bertz CT molecular complexity index is 3100. The number of aliphatic carboxylic acids is 1. The molecule has 0 aliphatic heterocycles. The zero-order valence-electron chi connectivity index (χ0n) is 67.8. The summed E-state index contributed by atoms with van der Waals surface area (Å²) in [4.78, 5) is 227. The molecule has 0 saturated heterocycles. The highest BCUT2D eigenvalue weighted by molar-refractivity contribution is 6.00. The van der Waals surface area contributed by atoms with Gasteiger partial charge in [0.1, 0.15) is 78.5 Å². The number of amides is 16. The number of hydrogen-bond acceptors (Lipinski definition) is 22. The number of carbonyl (C=O) groups excluding carboxylic acids is 16. The Kier molecular flexibility index (Phi) is 47.8. The molecule has 25 N–H and O–H groups in total. The highest BCUT2D eigenvalue weighted by atomic mass is 16.4. The number of carbonyl (C=O) groups is 17. The molecule has 0 unspecified atom stereocenters. The van der Waals surface area contributed by atoms with E-state index in [4.69, 9.17) is 17.2 Å². The van der Waals surface area contributed by atoms with Gasteiger partial charge in [-0.3, -0.25) is 76.7 Å². The molecule has 0 bridgehead atoms. The predicted octanol–water partition coefficient (Wildman–Crippen LogP) is -5.50. The van der Waals surface area contributed by atoms with Crippen molar-refractivity contribution in [1.82, 2.24) is 85.1 Å². The van der Waals surface area contributed by atoms with Gasteiger partial charge in [0.15, 0.2) is 0 Å². The summed E-state index contributed by atoms with van der Waals surface area (Å²) < 4.78 is 0. The van der Waals surface area contributed by atoms with Gasteiger partial charge in [-0.2, -0.15) is 0 Å². The molecule has 0 fully saturated rings. The summed E-state index contributed by atoms with van der Waals surface area (Å²) >= 11 is 0. The monoisotopic (exact) mass is 1580 g/mol. The van der Waals surface area contributed by atoms with Gasteiger partial charge >= 0.3 is 5.97 Å². The summed E-state index contributed by atoms with van der Waals surface area (Å²) in [6.07, 6.45) is 1.36. The quantitative estimate of drug-likeness (QED) is 0.0253. The number of carboxylic acid groups (broad SMARTS) is 1. The molecule has 0 spiro atoms. The fourth-order valence-corrected chi connectivity index (χ4v) is 10.8. The Morgan fingerprint density at radius 3 is 1.07 bits per heavy atom. The van der Waals surface area contributed by atoms with Crippen LogP contribution in [-0.4, -0.2) is 246 Å². The maximum Gasteiger partial charge on any atom is 0.326 e. The van der Waals surface area contributed by atoms with Crippen molar-refractivity contribution < 1.29 is 96.8 Å². The van der Waals surface area contributed by atoms with Crippen LogP contribution >= 0.6 is 0 Å². The van der Waals surface area contributed by atoms with E-state index in [1.807, 2.05) is 13.8 Å². The standard InChI is InChI=1S/C72H131N19O20/c1-19-40(14)57(72(110)111)90-71(109)58(44(18)93)91-65(103)47(28-34(2)3)83-61(99)43(17)81-66(104)49(33-92)85-63(101)46(25-21-23-27-74)82-51(95)31-78-67(105)53(36(6)7)86-52(96)32-76-59(97)41(15)80-60(98)42(16)79-50(94)30-77-68(106)54(37(8)9)88-70(108)56(39(12)13)89-69(107)55(38(10)11)87-64(102)48(29-35(4)5)84-62(100)45(75)24-20-22-26-73/h34-49,53-58,92-93H,19-33,73-75H2,1-18H3,(H,76,97)(H,77,106)(H,78,105)(H,79,94)(H,80,98)(H,81,104)(H,82,95)(H,83,99)(H,84,100)(H,85,101)(H,86,96)(H,87,102)(H,88,108)(H,89,107)(H,90,109)(H,91,103)(H,110,111)/t40-,41-,42-,43-,44+,45-,46-,47-,48-,49-,53-,54-,55-,56-,57-,58-/m0/s1. The molecule has 111 heavy (non-hydrogen) atoms. The van der Waals surface area contributed by atoms with Gasteiger partial charge in [0.2, 0.25) is 94.5 Å². The number of unbranched alkanes of at least 4 members (excludes halogenated alkanes) is 2. The molecule has 634 valence electrons. The molecule has 0 aromatic heterocycles. The lowest BCUT2D eigenvalue weighted by atomic mass is 9.97. The van der Waals surface area contributed by atoms with Crippen molar-refractivity contribution in [3.05, 3.63) is 0 Å². The first-order valence-corrected chi connectivity index (χ1v) is 38.1.